The first-order valence-corrected chi connectivity index (χ1v) is 10.1. The van der Waals surface area contributed by atoms with Crippen LogP contribution < -0.4 is 10.1 Å². The maximum atomic E-state index is 12.1. The Morgan fingerprint density at radius 2 is 1.90 bits per heavy atom. The number of benzene rings is 2. The van der Waals surface area contributed by atoms with Gasteiger partial charge in [-0.2, -0.15) is 0 Å². The summed E-state index contributed by atoms with van der Waals surface area (Å²) in [6, 6.07) is 15.0. The van der Waals surface area contributed by atoms with Crippen molar-refractivity contribution < 1.29 is 24.2 Å². The van der Waals surface area contributed by atoms with E-state index in [0.29, 0.717) is 29.7 Å². The van der Waals surface area contributed by atoms with Crippen LogP contribution in [0.25, 0.3) is 6.08 Å². The molecule has 1 heterocycles. The second-order valence-corrected chi connectivity index (χ2v) is 7.56. The van der Waals surface area contributed by atoms with Gasteiger partial charge in [0.1, 0.15) is 5.75 Å². The lowest BCUT2D eigenvalue weighted by atomic mass is 10.1. The lowest BCUT2D eigenvalue weighted by Gasteiger charge is -2.10. The smallest absolute Gasteiger partial charge is 0.311 e. The van der Waals surface area contributed by atoms with Crippen LogP contribution in [0.5, 0.6) is 5.75 Å². The number of aliphatic hydroxyl groups excluding tert-OH is 1. The normalized spacial score (nSPS) is 14.9. The van der Waals surface area contributed by atoms with Gasteiger partial charge in [0.2, 0.25) is 0 Å². The van der Waals surface area contributed by atoms with E-state index in [0.717, 1.165) is 24.6 Å². The molecule has 150 valence electrons. The summed E-state index contributed by atoms with van der Waals surface area (Å²) in [5.74, 6) is -0.506. The van der Waals surface area contributed by atoms with Crippen molar-refractivity contribution in [2.75, 3.05) is 0 Å². The van der Waals surface area contributed by atoms with Gasteiger partial charge < -0.3 is 9.84 Å². The molecule has 1 fully saturated rings. The van der Waals surface area contributed by atoms with E-state index < -0.39 is 11.1 Å². The number of nitrogens with one attached hydrogen (secondary N) is 1. The van der Waals surface area contributed by atoms with E-state index in [9.17, 15) is 19.5 Å². The minimum atomic E-state index is -0.448. The SMILES string of the molecule is O=C(CCCCc1ccccc1)Oc1ccc(/C=C2\SC(=O)NC2=O)cc1CO. The second kappa shape index (κ2) is 10.0. The Balaban J connectivity index is 1.54. The number of hydrogen-bond acceptors (Lipinski definition) is 6. The summed E-state index contributed by atoms with van der Waals surface area (Å²) in [7, 11) is 0. The number of carbonyl (C=O) groups is 3. The minimum Gasteiger partial charge on any atom is -0.426 e. The monoisotopic (exact) mass is 411 g/mol. The molecule has 2 aromatic carbocycles. The fourth-order valence-corrected chi connectivity index (χ4v) is 3.58. The van der Waals surface area contributed by atoms with Gasteiger partial charge in [-0.25, -0.2) is 0 Å². The molecule has 2 amide bonds. The molecule has 2 aromatic rings. The largest absolute Gasteiger partial charge is 0.426 e. The van der Waals surface area contributed by atoms with Gasteiger partial charge in [-0.1, -0.05) is 36.4 Å². The molecular weight excluding hydrogens is 390 g/mol. The molecular formula is C22H21NO5S. The predicted molar refractivity (Wildman–Crippen MR) is 111 cm³/mol. The summed E-state index contributed by atoms with van der Waals surface area (Å²) in [6.45, 7) is -0.314. The summed E-state index contributed by atoms with van der Waals surface area (Å²) < 4.78 is 5.39. The molecule has 0 saturated carbocycles. The van der Waals surface area contributed by atoms with E-state index in [4.69, 9.17) is 4.74 Å². The molecule has 29 heavy (non-hydrogen) atoms. The molecule has 0 aliphatic carbocycles. The molecule has 0 aromatic heterocycles. The maximum Gasteiger partial charge on any atom is 0.311 e. The number of amides is 2. The molecule has 1 aliphatic rings. The maximum absolute atomic E-state index is 12.1. The van der Waals surface area contributed by atoms with E-state index >= 15 is 0 Å². The molecule has 7 heteroatoms. The summed E-state index contributed by atoms with van der Waals surface area (Å²) in [4.78, 5) is 35.3. The van der Waals surface area contributed by atoms with E-state index in [1.807, 2.05) is 18.2 Å². The zero-order valence-electron chi connectivity index (χ0n) is 15.7. The van der Waals surface area contributed by atoms with Crippen LogP contribution in [0, 0.1) is 0 Å². The number of ether oxygens (including phenoxy) is 1. The highest BCUT2D eigenvalue weighted by molar-refractivity contribution is 8.18. The number of aliphatic hydroxyl groups is 1. The number of imide groups is 1. The third-order valence-electron chi connectivity index (χ3n) is 4.36. The third-order valence-corrected chi connectivity index (χ3v) is 5.17. The Morgan fingerprint density at radius 1 is 1.10 bits per heavy atom. The molecule has 0 bridgehead atoms. The molecule has 0 unspecified atom stereocenters. The van der Waals surface area contributed by atoms with Gasteiger partial charge in [0.15, 0.2) is 0 Å². The number of unbranched alkanes of at least 4 members (excludes halogenated alkanes) is 1. The van der Waals surface area contributed by atoms with Gasteiger partial charge in [-0.05, 0) is 60.4 Å². The van der Waals surface area contributed by atoms with Gasteiger partial charge in [0.25, 0.3) is 11.1 Å². The number of hydrogen-bond donors (Lipinski definition) is 2. The molecule has 1 saturated heterocycles. The van der Waals surface area contributed by atoms with Crippen molar-refractivity contribution in [2.24, 2.45) is 0 Å². The number of aryl methyl sites for hydroxylation is 1. The van der Waals surface area contributed by atoms with Crippen molar-refractivity contribution in [1.29, 1.82) is 0 Å². The Morgan fingerprint density at radius 3 is 2.59 bits per heavy atom. The number of rotatable bonds is 8. The van der Waals surface area contributed by atoms with Gasteiger partial charge in [0.05, 0.1) is 11.5 Å². The molecule has 2 N–H and O–H groups in total. The van der Waals surface area contributed by atoms with E-state index in [2.05, 4.69) is 17.4 Å². The highest BCUT2D eigenvalue weighted by Gasteiger charge is 2.25. The van der Waals surface area contributed by atoms with E-state index in [-0.39, 0.29) is 17.5 Å². The number of esters is 1. The van der Waals surface area contributed by atoms with Crippen molar-refractivity contribution in [3.63, 3.8) is 0 Å². The Kier molecular flexibility index (Phi) is 7.21. The number of carbonyl (C=O) groups excluding carboxylic acids is 3. The lowest BCUT2D eigenvalue weighted by Crippen LogP contribution is -2.17. The number of thioether (sulfide) groups is 1. The summed E-state index contributed by atoms with van der Waals surface area (Å²) in [5.41, 5.74) is 2.31. The predicted octanol–water partition coefficient (Wildman–Crippen LogP) is 3.82. The van der Waals surface area contributed by atoms with Crippen LogP contribution in [0.15, 0.2) is 53.4 Å². The molecule has 0 atom stereocenters. The van der Waals surface area contributed by atoms with Crippen LogP contribution in [0.3, 0.4) is 0 Å². The molecule has 1 aliphatic heterocycles. The topological polar surface area (TPSA) is 92.7 Å². The Hall–Kier alpha value is -2.90. The highest BCUT2D eigenvalue weighted by Crippen LogP contribution is 2.28. The van der Waals surface area contributed by atoms with Gasteiger partial charge in [-0.15, -0.1) is 0 Å². The average molecular weight is 411 g/mol. The first kappa shape index (κ1) is 20.8. The standard InChI is InChI=1S/C22H21NO5S/c24-14-17-12-16(13-19-21(26)23-22(27)29-19)10-11-18(17)28-20(25)9-5-4-8-15-6-2-1-3-7-15/h1-3,6-7,10-13,24H,4-5,8-9,14H2,(H,23,26,27)/b19-13-. The fraction of sp³-hybridized carbons (Fsp3) is 0.227. The molecule has 0 spiro atoms. The van der Waals surface area contributed by atoms with Crippen molar-refractivity contribution in [2.45, 2.75) is 32.3 Å². The molecule has 0 radical (unpaired) electrons. The first-order valence-electron chi connectivity index (χ1n) is 9.28. The average Bonchev–Trinajstić information content (AvgIpc) is 3.04. The first-order chi connectivity index (χ1) is 14.0. The van der Waals surface area contributed by atoms with Gasteiger partial charge in [-0.3, -0.25) is 19.7 Å². The van der Waals surface area contributed by atoms with Crippen LogP contribution in [-0.2, 0) is 22.6 Å². The van der Waals surface area contributed by atoms with Crippen LogP contribution in [-0.4, -0.2) is 22.2 Å². The minimum absolute atomic E-state index is 0.280. The zero-order valence-corrected chi connectivity index (χ0v) is 16.5. The molecule has 6 nitrogen and oxygen atoms in total. The van der Waals surface area contributed by atoms with Crippen LogP contribution >= 0.6 is 11.8 Å². The molecule has 3 rings (SSSR count). The van der Waals surface area contributed by atoms with Crippen molar-refractivity contribution in [3.8, 4) is 5.75 Å². The third kappa shape index (κ3) is 6.04. The summed E-state index contributed by atoms with van der Waals surface area (Å²) in [6.07, 6.45) is 4.36. The lowest BCUT2D eigenvalue weighted by molar-refractivity contribution is -0.134. The van der Waals surface area contributed by atoms with Crippen molar-refractivity contribution >= 4 is 35.0 Å². The second-order valence-electron chi connectivity index (χ2n) is 6.54. The summed E-state index contributed by atoms with van der Waals surface area (Å²) in [5, 5.41) is 11.4. The van der Waals surface area contributed by atoms with Crippen molar-refractivity contribution in [3.05, 3.63) is 70.1 Å². The van der Waals surface area contributed by atoms with E-state index in [1.54, 1.807) is 24.3 Å². The summed E-state index contributed by atoms with van der Waals surface area (Å²) >= 11 is 0.820. The van der Waals surface area contributed by atoms with Crippen LogP contribution in [0.4, 0.5) is 4.79 Å². The van der Waals surface area contributed by atoms with Gasteiger partial charge in [0, 0.05) is 12.0 Å². The van der Waals surface area contributed by atoms with Crippen LogP contribution in [0.1, 0.15) is 36.0 Å². The van der Waals surface area contributed by atoms with E-state index in [1.165, 1.54) is 5.56 Å². The quantitative estimate of drug-likeness (QED) is 0.297. The highest BCUT2D eigenvalue weighted by atomic mass is 32.2. The van der Waals surface area contributed by atoms with Gasteiger partial charge >= 0.3 is 5.97 Å². The zero-order chi connectivity index (χ0) is 20.6. The Bertz CT molecular complexity index is 939. The van der Waals surface area contributed by atoms with Crippen molar-refractivity contribution in [1.82, 2.24) is 5.32 Å². The Labute approximate surface area is 173 Å². The fourth-order valence-electron chi connectivity index (χ4n) is 2.90. The van der Waals surface area contributed by atoms with Crippen LogP contribution in [0.2, 0.25) is 0 Å².